The maximum atomic E-state index is 14.0. The fourth-order valence-electron chi connectivity index (χ4n) is 3.12. The first-order valence-corrected chi connectivity index (χ1v) is 11.8. The second-order valence-corrected chi connectivity index (χ2v) is 9.77. The standard InChI is InChI=1S/C22H11Cl2F9O3S/c23-16-9-4-10-17(24)18(16)15-8-2-1-7-14(15)12-5-3-6-13(11-12)36-37(34,35)22(32,33)20(27,28)19(25,26)21(29,30)31/h1-11H. The molecule has 0 aromatic heterocycles. The van der Waals surface area contributed by atoms with E-state index < -0.39 is 39.1 Å². The molecule has 37 heavy (non-hydrogen) atoms. The van der Waals surface area contributed by atoms with Gasteiger partial charge in [-0.2, -0.15) is 47.9 Å². The molecule has 3 rings (SSSR count). The number of halogens is 11. The van der Waals surface area contributed by atoms with Crippen LogP contribution in [0, 0.1) is 0 Å². The molecule has 0 aliphatic rings. The Morgan fingerprint density at radius 2 is 1.16 bits per heavy atom. The van der Waals surface area contributed by atoms with Crippen molar-refractivity contribution in [2.75, 3.05) is 0 Å². The zero-order valence-corrected chi connectivity index (χ0v) is 20.0. The zero-order valence-electron chi connectivity index (χ0n) is 17.6. The summed E-state index contributed by atoms with van der Waals surface area (Å²) in [5.74, 6) is -15.9. The third-order valence-corrected chi connectivity index (χ3v) is 6.87. The van der Waals surface area contributed by atoms with Crippen LogP contribution in [0.4, 0.5) is 39.5 Å². The fraction of sp³-hybridized carbons (Fsp3) is 0.182. The molecule has 3 aromatic rings. The van der Waals surface area contributed by atoms with Gasteiger partial charge in [0.1, 0.15) is 5.75 Å². The lowest BCUT2D eigenvalue weighted by molar-refractivity contribution is -0.382. The van der Waals surface area contributed by atoms with Gasteiger partial charge in [-0.1, -0.05) is 65.7 Å². The lowest BCUT2D eigenvalue weighted by Crippen LogP contribution is -2.63. The number of hydrogen-bond acceptors (Lipinski definition) is 3. The van der Waals surface area contributed by atoms with E-state index in [1.54, 1.807) is 18.2 Å². The van der Waals surface area contributed by atoms with Crippen LogP contribution in [0.3, 0.4) is 0 Å². The highest BCUT2D eigenvalue weighted by Gasteiger charge is 2.86. The van der Waals surface area contributed by atoms with Gasteiger partial charge in [0.2, 0.25) is 0 Å². The van der Waals surface area contributed by atoms with E-state index in [-0.39, 0.29) is 21.2 Å². The highest BCUT2D eigenvalue weighted by Crippen LogP contribution is 2.55. The maximum Gasteiger partial charge on any atom is 0.460 e. The van der Waals surface area contributed by atoms with Crippen LogP contribution in [0.1, 0.15) is 0 Å². The molecule has 0 fully saturated rings. The van der Waals surface area contributed by atoms with Crippen molar-refractivity contribution in [3.05, 3.63) is 76.8 Å². The number of rotatable bonds is 7. The van der Waals surface area contributed by atoms with Gasteiger partial charge in [0.15, 0.2) is 0 Å². The average Bonchev–Trinajstić information content (AvgIpc) is 2.78. The van der Waals surface area contributed by atoms with Crippen molar-refractivity contribution in [2.24, 2.45) is 0 Å². The Hall–Kier alpha value is -2.64. The molecule has 200 valence electrons. The molecule has 0 aliphatic carbocycles. The van der Waals surface area contributed by atoms with Crippen molar-refractivity contribution >= 4 is 33.3 Å². The summed E-state index contributed by atoms with van der Waals surface area (Å²) in [7, 11) is -7.09. The topological polar surface area (TPSA) is 43.4 Å². The minimum atomic E-state index is -7.41. The number of alkyl halides is 9. The summed E-state index contributed by atoms with van der Waals surface area (Å²) in [5.41, 5.74) is 0.983. The van der Waals surface area contributed by atoms with Gasteiger partial charge in [-0.25, -0.2) is 0 Å². The van der Waals surface area contributed by atoms with Crippen molar-refractivity contribution in [3.63, 3.8) is 0 Å². The van der Waals surface area contributed by atoms with Crippen LogP contribution in [0.2, 0.25) is 10.0 Å². The molecule has 0 unspecified atom stereocenters. The largest absolute Gasteiger partial charge is 0.460 e. The number of benzene rings is 3. The van der Waals surface area contributed by atoms with Gasteiger partial charge in [0.25, 0.3) is 0 Å². The van der Waals surface area contributed by atoms with Crippen molar-refractivity contribution in [1.82, 2.24) is 0 Å². The second kappa shape index (κ2) is 9.59. The molecule has 3 aromatic carbocycles. The molecule has 0 aliphatic heterocycles. The molecular formula is C22H11Cl2F9O3S. The van der Waals surface area contributed by atoms with E-state index in [0.29, 0.717) is 17.2 Å². The Labute approximate surface area is 213 Å². The first-order valence-electron chi connectivity index (χ1n) is 9.63. The highest BCUT2D eigenvalue weighted by atomic mass is 35.5. The summed E-state index contributed by atoms with van der Waals surface area (Å²) in [5, 5.41) is -6.59. The Morgan fingerprint density at radius 1 is 0.649 bits per heavy atom. The summed E-state index contributed by atoms with van der Waals surface area (Å²) in [6.45, 7) is 0. The lowest BCUT2D eigenvalue weighted by atomic mass is 9.94. The van der Waals surface area contributed by atoms with E-state index in [1.807, 2.05) is 0 Å². The third-order valence-electron chi connectivity index (χ3n) is 4.94. The lowest BCUT2D eigenvalue weighted by Gasteiger charge is -2.32. The van der Waals surface area contributed by atoms with Gasteiger partial charge in [-0.05, 0) is 41.0 Å². The molecule has 0 heterocycles. The molecule has 0 radical (unpaired) electrons. The molecule has 0 amide bonds. The molecular weight excluding hydrogens is 586 g/mol. The minimum Gasteiger partial charge on any atom is -0.378 e. The SMILES string of the molecule is O=S(=O)(Oc1cccc(-c2ccccc2-c2c(Cl)cccc2Cl)c1)C(F)(F)C(F)(F)C(F)(F)C(F)(F)F. The fourth-order valence-corrected chi connectivity index (χ4v) is 4.63. The first kappa shape index (κ1) is 28.9. The minimum absolute atomic E-state index is 0.0370. The summed E-state index contributed by atoms with van der Waals surface area (Å²) in [6.07, 6.45) is -7.20. The summed E-state index contributed by atoms with van der Waals surface area (Å²) in [4.78, 5) is 0. The van der Waals surface area contributed by atoms with E-state index in [2.05, 4.69) is 4.18 Å². The highest BCUT2D eigenvalue weighted by molar-refractivity contribution is 7.88. The normalized spacial score (nSPS) is 13.5. The van der Waals surface area contributed by atoms with Crippen LogP contribution in [-0.4, -0.2) is 31.7 Å². The van der Waals surface area contributed by atoms with E-state index in [4.69, 9.17) is 23.2 Å². The van der Waals surface area contributed by atoms with E-state index >= 15 is 0 Å². The molecule has 0 atom stereocenters. The van der Waals surface area contributed by atoms with Gasteiger partial charge in [-0.15, -0.1) is 0 Å². The van der Waals surface area contributed by atoms with Gasteiger partial charge < -0.3 is 4.18 Å². The molecule has 15 heteroatoms. The Morgan fingerprint density at radius 3 is 1.70 bits per heavy atom. The van der Waals surface area contributed by atoms with Crippen LogP contribution >= 0.6 is 23.2 Å². The van der Waals surface area contributed by atoms with E-state index in [1.165, 1.54) is 30.3 Å². The van der Waals surface area contributed by atoms with Crippen LogP contribution < -0.4 is 4.18 Å². The van der Waals surface area contributed by atoms with Crippen LogP contribution in [0.5, 0.6) is 5.75 Å². The zero-order chi connectivity index (χ0) is 28.0. The van der Waals surface area contributed by atoms with Crippen LogP contribution in [-0.2, 0) is 10.1 Å². The van der Waals surface area contributed by atoms with Crippen molar-refractivity contribution < 1.29 is 52.1 Å². The Balaban J connectivity index is 2.05. The van der Waals surface area contributed by atoms with E-state index in [0.717, 1.165) is 12.1 Å². The van der Waals surface area contributed by atoms with Crippen molar-refractivity contribution in [1.29, 1.82) is 0 Å². The van der Waals surface area contributed by atoms with Crippen molar-refractivity contribution in [3.8, 4) is 28.0 Å². The Kier molecular flexibility index (Phi) is 7.50. The predicted octanol–water partition coefficient (Wildman–Crippen LogP) is 8.46. The second-order valence-electron chi connectivity index (χ2n) is 7.37. The first-order chi connectivity index (χ1) is 16.8. The predicted molar refractivity (Wildman–Crippen MR) is 118 cm³/mol. The van der Waals surface area contributed by atoms with Gasteiger partial charge >= 0.3 is 33.4 Å². The molecule has 0 saturated carbocycles. The average molecular weight is 597 g/mol. The molecule has 0 bridgehead atoms. The van der Waals surface area contributed by atoms with Crippen molar-refractivity contribution in [2.45, 2.75) is 23.3 Å². The van der Waals surface area contributed by atoms with Gasteiger partial charge in [0.05, 0.1) is 0 Å². The Bertz CT molecular complexity index is 1400. The molecule has 0 N–H and O–H groups in total. The summed E-state index contributed by atoms with van der Waals surface area (Å²) in [6, 6.07) is 14.5. The maximum absolute atomic E-state index is 14.0. The van der Waals surface area contributed by atoms with Gasteiger partial charge in [0, 0.05) is 15.6 Å². The van der Waals surface area contributed by atoms with Crippen LogP contribution in [0.15, 0.2) is 66.7 Å². The molecule has 0 spiro atoms. The smallest absolute Gasteiger partial charge is 0.378 e. The van der Waals surface area contributed by atoms with Gasteiger partial charge in [-0.3, -0.25) is 0 Å². The quantitative estimate of drug-likeness (QED) is 0.203. The summed E-state index contributed by atoms with van der Waals surface area (Å²) < 4.78 is 146. The van der Waals surface area contributed by atoms with E-state index in [9.17, 15) is 47.9 Å². The molecule has 0 saturated heterocycles. The third kappa shape index (κ3) is 4.96. The number of hydrogen-bond donors (Lipinski definition) is 0. The monoisotopic (exact) mass is 596 g/mol. The summed E-state index contributed by atoms with van der Waals surface area (Å²) >= 11 is 12.4. The molecule has 3 nitrogen and oxygen atoms in total. The van der Waals surface area contributed by atoms with Crippen LogP contribution in [0.25, 0.3) is 22.3 Å².